The molecule has 70 valence electrons. The van der Waals surface area contributed by atoms with Gasteiger partial charge in [-0.05, 0) is 48.6 Å². The van der Waals surface area contributed by atoms with Crippen LogP contribution in [-0.2, 0) is 0 Å². The topological polar surface area (TPSA) is 0 Å². The summed E-state index contributed by atoms with van der Waals surface area (Å²) in [5.74, 6) is 1.46. The lowest BCUT2D eigenvalue weighted by atomic mass is 9.65. The summed E-state index contributed by atoms with van der Waals surface area (Å²) in [6.45, 7) is 0. The lowest BCUT2D eigenvalue weighted by Gasteiger charge is -2.39. The van der Waals surface area contributed by atoms with Crippen LogP contribution < -0.4 is 0 Å². The fourth-order valence-corrected chi connectivity index (χ4v) is 3.11. The van der Waals surface area contributed by atoms with Gasteiger partial charge in [-0.15, -0.1) is 0 Å². The molecule has 2 saturated carbocycles. The highest BCUT2D eigenvalue weighted by molar-refractivity contribution is 5.47. The number of rotatable bonds is 1. The zero-order valence-corrected chi connectivity index (χ0v) is 8.13. The predicted molar refractivity (Wildman–Crippen MR) is 55.5 cm³/mol. The molecule has 13 heavy (non-hydrogen) atoms. The number of hydrogen-bond acceptors (Lipinski definition) is 0. The van der Waals surface area contributed by atoms with Crippen molar-refractivity contribution in [3.63, 3.8) is 0 Å². The van der Waals surface area contributed by atoms with Gasteiger partial charge in [-0.3, -0.25) is 0 Å². The maximum atomic E-state index is 8.13. The molecule has 0 aliphatic heterocycles. The Labute approximate surface area is 82.1 Å². The predicted octanol–water partition coefficient (Wildman–Crippen LogP) is 3.84. The van der Waals surface area contributed by atoms with Crippen LogP contribution in [0.1, 0.15) is 46.3 Å². The van der Waals surface area contributed by atoms with Crippen molar-refractivity contribution in [1.29, 1.82) is 0 Å². The normalized spacial score (nSPS) is 40.2. The van der Waals surface area contributed by atoms with Crippen LogP contribution in [0.4, 0.5) is 0 Å². The van der Waals surface area contributed by atoms with Crippen LogP contribution in [0.3, 0.4) is 0 Å². The van der Waals surface area contributed by atoms with Gasteiger partial charge in [-0.1, -0.05) is 31.4 Å². The lowest BCUT2D eigenvalue weighted by Crippen LogP contribution is -2.27. The van der Waals surface area contributed by atoms with Crippen molar-refractivity contribution in [1.82, 2.24) is 0 Å². The van der Waals surface area contributed by atoms with Crippen LogP contribution in [0.25, 0.3) is 0 Å². The first-order chi connectivity index (χ1) is 6.88. The minimum absolute atomic E-state index is 0.131. The van der Waals surface area contributed by atoms with Crippen molar-refractivity contribution >= 4 is 0 Å². The molecular weight excluding hydrogens is 156 g/mol. The van der Waals surface area contributed by atoms with Gasteiger partial charge in [-0.2, -0.15) is 0 Å². The Kier molecular flexibility index (Phi) is 1.59. The molecule has 0 heteroatoms. The van der Waals surface area contributed by atoms with E-state index in [9.17, 15) is 0 Å². The molecule has 2 fully saturated rings. The van der Waals surface area contributed by atoms with Crippen LogP contribution in [0, 0.1) is 11.8 Å². The highest BCUT2D eigenvalue weighted by Crippen LogP contribution is 2.50. The molecule has 0 spiro atoms. The van der Waals surface area contributed by atoms with Crippen molar-refractivity contribution in [2.75, 3.05) is 0 Å². The Hall–Kier alpha value is -0.520. The summed E-state index contributed by atoms with van der Waals surface area (Å²) in [6.07, 6.45) is 12.8. The summed E-state index contributed by atoms with van der Waals surface area (Å²) in [5.41, 5.74) is 2.91. The molecule has 0 aromatic carbocycles. The summed E-state index contributed by atoms with van der Waals surface area (Å²) in [4.78, 5) is 0. The number of allylic oxidation sites excluding steroid dienone is 4. The smallest absolute Gasteiger partial charge is 0.0322 e. The Balaban J connectivity index is 1.76. The molecule has 0 N–H and O–H groups in total. The van der Waals surface area contributed by atoms with Gasteiger partial charge in [0.15, 0.2) is 0 Å². The van der Waals surface area contributed by atoms with Crippen molar-refractivity contribution in [3.8, 4) is 0 Å². The van der Waals surface area contributed by atoms with Crippen molar-refractivity contribution < 1.29 is 1.37 Å². The molecule has 3 aliphatic rings. The molecule has 0 radical (unpaired) electrons. The first-order valence-electron chi connectivity index (χ1n) is 6.28. The fourth-order valence-electron chi connectivity index (χ4n) is 3.11. The van der Waals surface area contributed by atoms with Gasteiger partial charge < -0.3 is 0 Å². The van der Waals surface area contributed by atoms with Gasteiger partial charge in [0.05, 0.1) is 0 Å². The molecule has 3 aliphatic carbocycles. The highest BCUT2D eigenvalue weighted by Gasteiger charge is 2.36. The summed E-state index contributed by atoms with van der Waals surface area (Å²) in [5, 5.41) is 0. The van der Waals surface area contributed by atoms with E-state index in [1.54, 1.807) is 5.57 Å². The minimum Gasteiger partial charge on any atom is -0.0772 e. The monoisotopic (exact) mass is 175 g/mol. The van der Waals surface area contributed by atoms with Gasteiger partial charge in [0, 0.05) is 1.37 Å². The van der Waals surface area contributed by atoms with Gasteiger partial charge in [0.2, 0.25) is 0 Å². The van der Waals surface area contributed by atoms with E-state index in [0.717, 1.165) is 12.3 Å². The van der Waals surface area contributed by atoms with E-state index in [4.69, 9.17) is 1.37 Å². The van der Waals surface area contributed by atoms with E-state index in [1.165, 1.54) is 37.7 Å². The molecule has 0 aromatic heterocycles. The average molecular weight is 175 g/mol. The summed E-state index contributed by atoms with van der Waals surface area (Å²) in [6, 6.07) is 0. The SMILES string of the molecule is [2H]C1C2=CCC=C2C1C1CCCCC1. The minimum atomic E-state index is 0.131. The first-order valence-corrected chi connectivity index (χ1v) is 5.70. The third-order valence-electron chi connectivity index (χ3n) is 3.88. The van der Waals surface area contributed by atoms with E-state index in [-0.39, 0.29) is 6.40 Å². The maximum absolute atomic E-state index is 8.13. The van der Waals surface area contributed by atoms with Gasteiger partial charge in [-0.25, -0.2) is 0 Å². The van der Waals surface area contributed by atoms with E-state index < -0.39 is 0 Å². The summed E-state index contributed by atoms with van der Waals surface area (Å²) >= 11 is 0. The molecule has 0 amide bonds. The third-order valence-corrected chi connectivity index (χ3v) is 3.88. The molecule has 2 atom stereocenters. The van der Waals surface area contributed by atoms with Crippen molar-refractivity contribution in [2.45, 2.75) is 44.9 Å². The Morgan fingerprint density at radius 1 is 1.15 bits per heavy atom. The van der Waals surface area contributed by atoms with Crippen molar-refractivity contribution in [3.05, 3.63) is 23.3 Å². The zero-order valence-electron chi connectivity index (χ0n) is 9.13. The summed E-state index contributed by atoms with van der Waals surface area (Å²) < 4.78 is 8.13. The van der Waals surface area contributed by atoms with Crippen LogP contribution in [0.15, 0.2) is 23.3 Å². The van der Waals surface area contributed by atoms with Gasteiger partial charge in [0.1, 0.15) is 0 Å². The van der Waals surface area contributed by atoms with Crippen LogP contribution in [0.5, 0.6) is 0 Å². The second-order valence-electron chi connectivity index (χ2n) is 4.65. The average Bonchev–Trinajstić information content (AvgIpc) is 2.63. The Morgan fingerprint density at radius 3 is 2.85 bits per heavy atom. The van der Waals surface area contributed by atoms with E-state index in [0.29, 0.717) is 5.92 Å². The Morgan fingerprint density at radius 2 is 2.00 bits per heavy atom. The van der Waals surface area contributed by atoms with Crippen LogP contribution >= 0.6 is 0 Å². The van der Waals surface area contributed by atoms with E-state index in [2.05, 4.69) is 12.2 Å². The standard InChI is InChI=1S/C13H18/c1-2-5-10(6-3-1)13-9-11-7-4-8-12(11)13/h7-8,10,13H,1-6,9H2/i9D. The Bertz CT molecular complexity index is 294. The lowest BCUT2D eigenvalue weighted by molar-refractivity contribution is 0.254. The van der Waals surface area contributed by atoms with Crippen molar-refractivity contribution in [2.24, 2.45) is 11.8 Å². The quantitative estimate of drug-likeness (QED) is 0.568. The molecule has 0 nitrogen and oxygen atoms in total. The van der Waals surface area contributed by atoms with Gasteiger partial charge >= 0.3 is 0 Å². The third kappa shape index (κ3) is 1.19. The molecule has 0 aromatic rings. The molecule has 3 rings (SSSR count). The molecule has 0 heterocycles. The number of fused-ring (bicyclic) bond motifs is 1. The van der Waals surface area contributed by atoms with Crippen LogP contribution in [-0.4, -0.2) is 0 Å². The largest absolute Gasteiger partial charge is 0.0772 e. The van der Waals surface area contributed by atoms with E-state index >= 15 is 0 Å². The highest BCUT2D eigenvalue weighted by atomic mass is 14.4. The molecule has 2 unspecified atom stereocenters. The van der Waals surface area contributed by atoms with E-state index in [1.807, 2.05) is 0 Å². The second-order valence-corrected chi connectivity index (χ2v) is 4.65. The summed E-state index contributed by atoms with van der Waals surface area (Å²) in [7, 11) is 0. The van der Waals surface area contributed by atoms with Crippen LogP contribution in [0.2, 0.25) is 0 Å². The number of hydrogen-bond donors (Lipinski definition) is 0. The van der Waals surface area contributed by atoms with Gasteiger partial charge in [0.25, 0.3) is 0 Å². The molecular formula is C13H18. The fraction of sp³-hybridized carbons (Fsp3) is 0.692. The second kappa shape index (κ2) is 3.01. The molecule has 0 saturated heterocycles. The zero-order chi connectivity index (χ0) is 9.54. The molecule has 0 bridgehead atoms. The maximum Gasteiger partial charge on any atom is 0.0322 e. The first kappa shape index (κ1) is 6.86.